The summed E-state index contributed by atoms with van der Waals surface area (Å²) >= 11 is 1.61. The Balaban J connectivity index is 3.30. The third-order valence-corrected chi connectivity index (χ3v) is 2.79. The Kier molecular flexibility index (Phi) is 3.04. The molecule has 1 rings (SSSR count). The van der Waals surface area contributed by atoms with E-state index in [0.29, 0.717) is 5.82 Å². The van der Waals surface area contributed by atoms with Crippen LogP contribution in [0.2, 0.25) is 0 Å². The van der Waals surface area contributed by atoms with Crippen LogP contribution in [0.4, 0.5) is 5.82 Å². The number of anilines is 1. The van der Waals surface area contributed by atoms with Gasteiger partial charge in [-0.3, -0.25) is 0 Å². The van der Waals surface area contributed by atoms with Crippen LogP contribution in [0.5, 0.6) is 0 Å². The van der Waals surface area contributed by atoms with Crippen molar-refractivity contribution in [3.05, 3.63) is 11.4 Å². The van der Waals surface area contributed by atoms with Crippen molar-refractivity contribution in [3.8, 4) is 0 Å². The van der Waals surface area contributed by atoms with Gasteiger partial charge in [-0.2, -0.15) is 0 Å². The lowest BCUT2D eigenvalue weighted by Gasteiger charge is -2.18. The maximum Gasteiger partial charge on any atom is 0.137 e. The predicted octanol–water partition coefficient (Wildman–Crippen LogP) is 2.39. The smallest absolute Gasteiger partial charge is 0.137 e. The first-order chi connectivity index (χ1) is 6.36. The molecular weight excluding hydrogens is 194 g/mol. The van der Waals surface area contributed by atoms with Crippen molar-refractivity contribution in [2.45, 2.75) is 38.1 Å². The highest BCUT2D eigenvalue weighted by Gasteiger charge is 2.19. The number of hydrogen-bond acceptors (Lipinski definition) is 4. The van der Waals surface area contributed by atoms with Crippen LogP contribution in [0.25, 0.3) is 0 Å². The monoisotopic (exact) mass is 211 g/mol. The van der Waals surface area contributed by atoms with E-state index in [1.807, 2.05) is 13.2 Å². The molecule has 0 aromatic carbocycles. The fraction of sp³-hybridized carbons (Fsp3) is 0.600. The summed E-state index contributed by atoms with van der Waals surface area (Å²) < 4.78 is 0. The van der Waals surface area contributed by atoms with Crippen LogP contribution in [-0.2, 0) is 5.41 Å². The standard InChI is InChI=1S/C10H17N3S/c1-6-7(11)12-9(10(2,3)4)13-8(6)14-5/h1-5H3,(H2,11,12,13). The van der Waals surface area contributed by atoms with Gasteiger partial charge in [0, 0.05) is 11.0 Å². The lowest BCUT2D eigenvalue weighted by Crippen LogP contribution is -2.18. The quantitative estimate of drug-likeness (QED) is 0.572. The van der Waals surface area contributed by atoms with E-state index in [-0.39, 0.29) is 5.41 Å². The summed E-state index contributed by atoms with van der Waals surface area (Å²) in [5.41, 5.74) is 6.76. The molecule has 2 N–H and O–H groups in total. The minimum absolute atomic E-state index is 0.0493. The largest absolute Gasteiger partial charge is 0.383 e. The van der Waals surface area contributed by atoms with Gasteiger partial charge in [0.1, 0.15) is 16.7 Å². The summed E-state index contributed by atoms with van der Waals surface area (Å²) in [6, 6.07) is 0. The molecule has 0 fully saturated rings. The minimum atomic E-state index is -0.0493. The van der Waals surface area contributed by atoms with Crippen molar-refractivity contribution in [1.29, 1.82) is 0 Å². The molecule has 3 nitrogen and oxygen atoms in total. The molecule has 1 aromatic rings. The molecular formula is C10H17N3S. The van der Waals surface area contributed by atoms with E-state index in [1.165, 1.54) is 0 Å². The summed E-state index contributed by atoms with van der Waals surface area (Å²) in [4.78, 5) is 8.80. The zero-order chi connectivity index (χ0) is 10.9. The van der Waals surface area contributed by atoms with Gasteiger partial charge in [0.2, 0.25) is 0 Å². The molecule has 0 bridgehead atoms. The third kappa shape index (κ3) is 2.18. The number of nitrogen functional groups attached to an aromatic ring is 1. The molecule has 0 aliphatic rings. The number of hydrogen-bond donors (Lipinski definition) is 1. The zero-order valence-electron chi connectivity index (χ0n) is 9.38. The zero-order valence-corrected chi connectivity index (χ0v) is 10.2. The van der Waals surface area contributed by atoms with E-state index >= 15 is 0 Å². The Morgan fingerprint density at radius 2 is 1.79 bits per heavy atom. The van der Waals surface area contributed by atoms with Crippen molar-refractivity contribution < 1.29 is 0 Å². The van der Waals surface area contributed by atoms with Gasteiger partial charge in [-0.05, 0) is 13.2 Å². The van der Waals surface area contributed by atoms with Crippen LogP contribution in [0.15, 0.2) is 5.03 Å². The summed E-state index contributed by atoms with van der Waals surface area (Å²) in [6.45, 7) is 8.21. The summed E-state index contributed by atoms with van der Waals surface area (Å²) in [6.07, 6.45) is 2.00. The van der Waals surface area contributed by atoms with Crippen molar-refractivity contribution in [2.24, 2.45) is 0 Å². The molecule has 4 heteroatoms. The molecule has 0 atom stereocenters. The van der Waals surface area contributed by atoms with Gasteiger partial charge in [0.25, 0.3) is 0 Å². The molecule has 0 saturated carbocycles. The van der Waals surface area contributed by atoms with Crippen LogP contribution < -0.4 is 5.73 Å². The molecule has 0 aliphatic heterocycles. The first-order valence-corrected chi connectivity index (χ1v) is 5.77. The number of thioether (sulfide) groups is 1. The van der Waals surface area contributed by atoms with Gasteiger partial charge in [-0.15, -0.1) is 11.8 Å². The third-order valence-electron chi connectivity index (χ3n) is 2.00. The van der Waals surface area contributed by atoms with Crippen LogP contribution >= 0.6 is 11.8 Å². The number of nitrogens with zero attached hydrogens (tertiary/aromatic N) is 2. The van der Waals surface area contributed by atoms with Crippen LogP contribution in [0.1, 0.15) is 32.2 Å². The van der Waals surface area contributed by atoms with Crippen LogP contribution in [-0.4, -0.2) is 16.2 Å². The fourth-order valence-corrected chi connectivity index (χ4v) is 1.64. The second-order valence-corrected chi connectivity index (χ2v) is 5.11. The molecule has 0 saturated heterocycles. The number of aromatic nitrogens is 2. The van der Waals surface area contributed by atoms with E-state index in [9.17, 15) is 0 Å². The summed E-state index contributed by atoms with van der Waals surface area (Å²) in [7, 11) is 0. The van der Waals surface area contributed by atoms with Gasteiger partial charge in [-0.25, -0.2) is 9.97 Å². The van der Waals surface area contributed by atoms with Crippen molar-refractivity contribution in [3.63, 3.8) is 0 Å². The molecule has 0 unspecified atom stereocenters. The first-order valence-electron chi connectivity index (χ1n) is 4.55. The van der Waals surface area contributed by atoms with Crippen molar-refractivity contribution in [1.82, 2.24) is 9.97 Å². The summed E-state index contributed by atoms with van der Waals surface area (Å²) in [5.74, 6) is 1.40. The van der Waals surface area contributed by atoms with E-state index < -0.39 is 0 Å². The van der Waals surface area contributed by atoms with E-state index in [0.717, 1.165) is 16.4 Å². The van der Waals surface area contributed by atoms with E-state index in [1.54, 1.807) is 11.8 Å². The minimum Gasteiger partial charge on any atom is -0.383 e. The SMILES string of the molecule is CSc1nc(C(C)(C)C)nc(N)c1C. The van der Waals surface area contributed by atoms with Gasteiger partial charge in [0.15, 0.2) is 0 Å². The number of rotatable bonds is 1. The Morgan fingerprint density at radius 3 is 2.21 bits per heavy atom. The Labute approximate surface area is 89.5 Å². The van der Waals surface area contributed by atoms with Gasteiger partial charge in [-0.1, -0.05) is 20.8 Å². The molecule has 1 heterocycles. The van der Waals surface area contributed by atoms with E-state index in [4.69, 9.17) is 5.73 Å². The van der Waals surface area contributed by atoms with Gasteiger partial charge >= 0.3 is 0 Å². The highest BCUT2D eigenvalue weighted by molar-refractivity contribution is 7.98. The van der Waals surface area contributed by atoms with Crippen molar-refractivity contribution in [2.75, 3.05) is 12.0 Å². The molecule has 0 spiro atoms. The molecule has 1 aromatic heterocycles. The number of nitrogens with two attached hydrogens (primary N) is 1. The second kappa shape index (κ2) is 3.77. The van der Waals surface area contributed by atoms with Gasteiger partial charge in [0.05, 0.1) is 0 Å². The Bertz CT molecular complexity index is 342. The highest BCUT2D eigenvalue weighted by atomic mass is 32.2. The van der Waals surface area contributed by atoms with Crippen molar-refractivity contribution >= 4 is 17.6 Å². The predicted molar refractivity (Wildman–Crippen MR) is 61.7 cm³/mol. The Hall–Kier alpha value is -0.770. The lowest BCUT2D eigenvalue weighted by atomic mass is 9.95. The van der Waals surface area contributed by atoms with Crippen LogP contribution in [0, 0.1) is 6.92 Å². The first kappa shape index (κ1) is 11.3. The normalized spacial score (nSPS) is 11.8. The second-order valence-electron chi connectivity index (χ2n) is 4.32. The summed E-state index contributed by atoms with van der Waals surface area (Å²) in [5, 5.41) is 0.974. The maximum absolute atomic E-state index is 5.83. The molecule has 78 valence electrons. The van der Waals surface area contributed by atoms with Crippen LogP contribution in [0.3, 0.4) is 0 Å². The topological polar surface area (TPSA) is 51.8 Å². The van der Waals surface area contributed by atoms with E-state index in [2.05, 4.69) is 30.7 Å². The average molecular weight is 211 g/mol. The fourth-order valence-electron chi connectivity index (χ4n) is 1.05. The lowest BCUT2D eigenvalue weighted by molar-refractivity contribution is 0.538. The molecule has 0 radical (unpaired) electrons. The molecule has 14 heavy (non-hydrogen) atoms. The Morgan fingerprint density at radius 1 is 1.21 bits per heavy atom. The maximum atomic E-state index is 5.83. The molecule has 0 amide bonds. The highest BCUT2D eigenvalue weighted by Crippen LogP contribution is 2.26. The van der Waals surface area contributed by atoms with Gasteiger partial charge < -0.3 is 5.73 Å². The molecule has 0 aliphatic carbocycles. The average Bonchev–Trinajstić information content (AvgIpc) is 2.07.